The Hall–Kier alpha value is -3.54. The molecule has 3 heterocycles. The first-order valence-electron chi connectivity index (χ1n) is 9.00. The van der Waals surface area contributed by atoms with E-state index in [2.05, 4.69) is 15.6 Å². The number of nitrogens with one attached hydrogen (secondary N) is 1. The van der Waals surface area contributed by atoms with Crippen molar-refractivity contribution in [2.75, 3.05) is 0 Å². The Morgan fingerprint density at radius 1 is 1.23 bits per heavy atom. The van der Waals surface area contributed by atoms with Crippen molar-refractivity contribution in [3.05, 3.63) is 41.2 Å². The zero-order valence-corrected chi connectivity index (χ0v) is 16.3. The molecule has 30 heavy (non-hydrogen) atoms. The maximum Gasteiger partial charge on any atom is 0.263 e. The van der Waals surface area contributed by atoms with Crippen LogP contribution in [0, 0.1) is 0 Å². The van der Waals surface area contributed by atoms with Gasteiger partial charge in [0.05, 0.1) is 16.8 Å². The number of thioether (sulfide) groups is 1. The number of carbonyl (C=O) groups is 5. The Labute approximate surface area is 174 Å². The van der Waals surface area contributed by atoms with Crippen molar-refractivity contribution in [2.45, 2.75) is 36.1 Å². The molecule has 1 aromatic heterocycles. The number of carbonyl (C=O) groups excluding carboxylic acids is 5. The highest BCUT2D eigenvalue weighted by Gasteiger charge is 2.45. The first-order chi connectivity index (χ1) is 14.3. The second-order valence-electron chi connectivity index (χ2n) is 6.79. The van der Waals surface area contributed by atoms with E-state index in [1.807, 2.05) is 0 Å². The number of fused-ring (bicyclic) bond motifs is 1. The molecule has 1 atom stereocenters. The van der Waals surface area contributed by atoms with Crippen molar-refractivity contribution >= 4 is 41.3 Å². The number of piperidine rings is 1. The molecule has 1 saturated heterocycles. The Kier molecular flexibility index (Phi) is 5.08. The van der Waals surface area contributed by atoms with E-state index in [-0.39, 0.29) is 30.5 Å². The summed E-state index contributed by atoms with van der Waals surface area (Å²) in [6.45, 7) is -0.0910. The number of nitrogens with zero attached hydrogens (tertiary/aromatic N) is 4. The largest absolute Gasteiger partial charge is 0.368 e. The van der Waals surface area contributed by atoms with Crippen molar-refractivity contribution in [1.82, 2.24) is 25.2 Å². The topological polar surface area (TPSA) is 157 Å². The summed E-state index contributed by atoms with van der Waals surface area (Å²) in [5.41, 5.74) is 6.13. The van der Waals surface area contributed by atoms with E-state index in [9.17, 15) is 24.0 Å². The molecule has 2 aromatic rings. The van der Waals surface area contributed by atoms with E-state index in [4.69, 9.17) is 5.73 Å². The van der Waals surface area contributed by atoms with E-state index in [1.165, 1.54) is 22.5 Å². The van der Waals surface area contributed by atoms with Gasteiger partial charge in [0.15, 0.2) is 0 Å². The molecule has 2 aliphatic rings. The molecule has 1 aromatic carbocycles. The van der Waals surface area contributed by atoms with Crippen LogP contribution in [0.2, 0.25) is 0 Å². The molecular formula is C18H16N6O5S. The maximum atomic E-state index is 13.0. The molecule has 0 spiro atoms. The smallest absolute Gasteiger partial charge is 0.263 e. The molecular weight excluding hydrogens is 412 g/mol. The summed E-state index contributed by atoms with van der Waals surface area (Å²) in [5.74, 6) is -2.40. The Morgan fingerprint density at radius 3 is 2.77 bits per heavy atom. The molecule has 2 aliphatic heterocycles. The van der Waals surface area contributed by atoms with Crippen LogP contribution in [0.1, 0.15) is 39.3 Å². The average molecular weight is 428 g/mol. The lowest BCUT2D eigenvalue weighted by molar-refractivity contribution is -0.136. The summed E-state index contributed by atoms with van der Waals surface area (Å²) < 4.78 is 1.31. The van der Waals surface area contributed by atoms with E-state index >= 15 is 0 Å². The first-order valence-corrected chi connectivity index (χ1v) is 9.98. The molecule has 0 bridgehead atoms. The Bertz CT molecular complexity index is 1100. The summed E-state index contributed by atoms with van der Waals surface area (Å²) >= 11 is 1.28. The second-order valence-corrected chi connectivity index (χ2v) is 7.81. The third-order valence-electron chi connectivity index (χ3n) is 4.71. The highest BCUT2D eigenvalue weighted by molar-refractivity contribution is 7.98. The molecule has 1 unspecified atom stereocenters. The van der Waals surface area contributed by atoms with Crippen LogP contribution in [0.5, 0.6) is 0 Å². The van der Waals surface area contributed by atoms with Gasteiger partial charge in [-0.1, -0.05) is 11.3 Å². The van der Waals surface area contributed by atoms with Gasteiger partial charge in [-0.15, -0.1) is 16.9 Å². The van der Waals surface area contributed by atoms with Crippen LogP contribution in [0.15, 0.2) is 29.3 Å². The van der Waals surface area contributed by atoms with Gasteiger partial charge in [0, 0.05) is 23.3 Å². The molecule has 154 valence electrons. The Morgan fingerprint density at radius 2 is 2.03 bits per heavy atom. The fourth-order valence-electron chi connectivity index (χ4n) is 3.40. The minimum absolute atomic E-state index is 0.0619. The maximum absolute atomic E-state index is 13.0. The molecule has 0 aliphatic carbocycles. The first kappa shape index (κ1) is 19.8. The van der Waals surface area contributed by atoms with Gasteiger partial charge in [0.1, 0.15) is 12.6 Å². The highest BCUT2D eigenvalue weighted by atomic mass is 32.2. The summed E-state index contributed by atoms with van der Waals surface area (Å²) in [6, 6.07) is 3.89. The zero-order valence-electron chi connectivity index (χ0n) is 15.5. The molecule has 5 amide bonds. The molecule has 0 saturated carbocycles. The van der Waals surface area contributed by atoms with E-state index in [0.29, 0.717) is 16.3 Å². The lowest BCUT2D eigenvalue weighted by Crippen LogP contribution is -2.54. The number of imide groups is 2. The lowest BCUT2D eigenvalue weighted by atomic mass is 10.0. The van der Waals surface area contributed by atoms with Gasteiger partial charge >= 0.3 is 0 Å². The summed E-state index contributed by atoms with van der Waals surface area (Å²) in [4.78, 5) is 61.9. The normalized spacial score (nSPS) is 18.5. The van der Waals surface area contributed by atoms with Crippen molar-refractivity contribution in [1.29, 1.82) is 0 Å². The number of nitrogens with two attached hydrogens (primary N) is 1. The predicted octanol–water partition coefficient (Wildman–Crippen LogP) is -0.543. The lowest BCUT2D eigenvalue weighted by Gasteiger charge is -2.27. The number of benzene rings is 1. The van der Waals surface area contributed by atoms with Crippen LogP contribution in [0.25, 0.3) is 0 Å². The van der Waals surface area contributed by atoms with E-state index < -0.39 is 35.6 Å². The van der Waals surface area contributed by atoms with Gasteiger partial charge in [-0.25, -0.2) is 4.68 Å². The zero-order chi connectivity index (χ0) is 21.4. The number of hydrogen-bond acceptors (Lipinski definition) is 8. The Balaban J connectivity index is 1.54. The van der Waals surface area contributed by atoms with Gasteiger partial charge in [0.2, 0.25) is 17.7 Å². The van der Waals surface area contributed by atoms with Gasteiger partial charge in [-0.05, 0) is 18.6 Å². The van der Waals surface area contributed by atoms with Crippen LogP contribution in [0.3, 0.4) is 0 Å². The molecule has 11 nitrogen and oxygen atoms in total. The van der Waals surface area contributed by atoms with Gasteiger partial charge < -0.3 is 5.73 Å². The van der Waals surface area contributed by atoms with E-state index in [0.717, 1.165) is 4.90 Å². The van der Waals surface area contributed by atoms with E-state index in [1.54, 1.807) is 18.3 Å². The fourth-order valence-corrected chi connectivity index (χ4v) is 4.35. The number of aromatic nitrogens is 3. The van der Waals surface area contributed by atoms with Crippen LogP contribution < -0.4 is 11.1 Å². The second kappa shape index (κ2) is 7.71. The van der Waals surface area contributed by atoms with Gasteiger partial charge in [-0.3, -0.25) is 34.2 Å². The minimum atomic E-state index is -1.01. The number of amides is 5. The standard InChI is InChI=1S/C18H16N6O5S/c19-13(25)7-23-6-9(21-22-23)8-30-12-3-1-2-10-15(12)18(29)24(17(10)28)11-4-5-14(26)20-16(11)27/h1-3,6,11H,4-5,7-8H2,(H2,19,25)(H,20,26,27). The number of rotatable bonds is 6. The molecule has 1 fully saturated rings. The number of primary amides is 1. The number of hydrogen-bond donors (Lipinski definition) is 2. The van der Waals surface area contributed by atoms with Crippen LogP contribution >= 0.6 is 11.8 Å². The molecule has 4 rings (SSSR count). The molecule has 3 N–H and O–H groups in total. The van der Waals surface area contributed by atoms with Crippen LogP contribution in [-0.2, 0) is 26.7 Å². The van der Waals surface area contributed by atoms with Crippen molar-refractivity contribution in [2.24, 2.45) is 5.73 Å². The summed E-state index contributed by atoms with van der Waals surface area (Å²) in [7, 11) is 0. The average Bonchev–Trinajstić information content (AvgIpc) is 3.23. The minimum Gasteiger partial charge on any atom is -0.368 e. The quantitative estimate of drug-likeness (QED) is 0.458. The molecule has 12 heteroatoms. The van der Waals surface area contributed by atoms with Crippen molar-refractivity contribution in [3.8, 4) is 0 Å². The third kappa shape index (κ3) is 3.56. The SMILES string of the molecule is NC(=O)Cn1cc(CSc2cccc3c2C(=O)N(C2CCC(=O)NC2=O)C3=O)nn1. The summed E-state index contributed by atoms with van der Waals surface area (Å²) in [6.07, 6.45) is 1.73. The van der Waals surface area contributed by atoms with Gasteiger partial charge in [0.25, 0.3) is 11.8 Å². The summed E-state index contributed by atoms with van der Waals surface area (Å²) in [5, 5.41) is 9.93. The van der Waals surface area contributed by atoms with Crippen LogP contribution in [-0.4, -0.2) is 55.5 Å². The third-order valence-corrected chi connectivity index (χ3v) is 5.80. The predicted molar refractivity (Wildman–Crippen MR) is 102 cm³/mol. The monoisotopic (exact) mass is 428 g/mol. The highest BCUT2D eigenvalue weighted by Crippen LogP contribution is 2.35. The van der Waals surface area contributed by atoms with Crippen molar-refractivity contribution in [3.63, 3.8) is 0 Å². The van der Waals surface area contributed by atoms with Gasteiger partial charge in [-0.2, -0.15) is 0 Å². The molecule has 0 radical (unpaired) electrons. The van der Waals surface area contributed by atoms with Crippen LogP contribution in [0.4, 0.5) is 0 Å². The van der Waals surface area contributed by atoms with Crippen molar-refractivity contribution < 1.29 is 24.0 Å². The fraction of sp³-hybridized carbons (Fsp3) is 0.278.